The molecule has 0 aromatic heterocycles. The smallest absolute Gasteiger partial charge is 0.189 e. The summed E-state index contributed by atoms with van der Waals surface area (Å²) in [6.45, 7) is 8.48. The second kappa shape index (κ2) is 5.42. The lowest BCUT2D eigenvalue weighted by atomic mass is 9.70. The molecule has 1 aliphatic carbocycles. The van der Waals surface area contributed by atoms with E-state index in [2.05, 4.69) is 38.2 Å². The van der Waals surface area contributed by atoms with Crippen molar-refractivity contribution in [3.05, 3.63) is 46.0 Å². The fraction of sp³-hybridized carbons (Fsp3) is 0.526. The molecule has 1 aromatic rings. The van der Waals surface area contributed by atoms with Gasteiger partial charge in [-0.2, -0.15) is 0 Å². The van der Waals surface area contributed by atoms with Crippen LogP contribution in [0, 0.1) is 5.41 Å². The van der Waals surface area contributed by atoms with Crippen molar-refractivity contribution in [2.75, 3.05) is 6.54 Å². The molecule has 112 valence electrons. The van der Waals surface area contributed by atoms with Gasteiger partial charge in [0.2, 0.25) is 0 Å². The Labute approximate surface area is 127 Å². The van der Waals surface area contributed by atoms with Gasteiger partial charge in [0.1, 0.15) is 0 Å². The van der Waals surface area contributed by atoms with Crippen LogP contribution in [0.2, 0.25) is 0 Å². The molecule has 0 radical (unpaired) electrons. The van der Waals surface area contributed by atoms with Gasteiger partial charge in [-0.15, -0.1) is 0 Å². The Kier molecular flexibility index (Phi) is 3.75. The molecule has 0 unspecified atom stereocenters. The molecule has 1 aromatic carbocycles. The second-order valence-electron chi connectivity index (χ2n) is 7.13. The molecule has 1 N–H and O–H groups in total. The Morgan fingerprint density at radius 2 is 2.00 bits per heavy atom. The van der Waals surface area contributed by atoms with Crippen molar-refractivity contribution in [1.82, 2.24) is 5.32 Å². The minimum Gasteiger partial charge on any atom is -0.312 e. The molecule has 0 bridgehead atoms. The van der Waals surface area contributed by atoms with Crippen LogP contribution in [0.1, 0.15) is 61.5 Å². The van der Waals surface area contributed by atoms with E-state index in [0.29, 0.717) is 0 Å². The van der Waals surface area contributed by atoms with E-state index in [9.17, 15) is 4.79 Å². The van der Waals surface area contributed by atoms with E-state index >= 15 is 0 Å². The van der Waals surface area contributed by atoms with Gasteiger partial charge in [0, 0.05) is 17.7 Å². The molecule has 21 heavy (non-hydrogen) atoms. The standard InChI is InChI=1S/C19H25NO/c1-13-5-4-9-19(2,3)17(13)18(21)15-7-6-14-8-10-20-12-16(14)11-15/h6-7,11,20H,4-5,8-10,12H2,1-3H3. The average molecular weight is 283 g/mol. The highest BCUT2D eigenvalue weighted by Gasteiger charge is 2.33. The molecule has 0 saturated heterocycles. The summed E-state index contributed by atoms with van der Waals surface area (Å²) in [5, 5.41) is 3.39. The lowest BCUT2D eigenvalue weighted by Crippen LogP contribution is -2.27. The second-order valence-corrected chi connectivity index (χ2v) is 7.13. The normalized spacial score (nSPS) is 21.1. The van der Waals surface area contributed by atoms with E-state index in [-0.39, 0.29) is 11.2 Å². The third kappa shape index (κ3) is 2.69. The highest BCUT2D eigenvalue weighted by atomic mass is 16.1. The van der Waals surface area contributed by atoms with Crippen molar-refractivity contribution in [3.8, 4) is 0 Å². The van der Waals surface area contributed by atoms with Crippen molar-refractivity contribution in [1.29, 1.82) is 0 Å². The first-order chi connectivity index (χ1) is 9.99. The Morgan fingerprint density at radius 1 is 1.19 bits per heavy atom. The van der Waals surface area contributed by atoms with Crippen LogP contribution in [0.25, 0.3) is 0 Å². The van der Waals surface area contributed by atoms with E-state index in [1.165, 1.54) is 23.1 Å². The summed E-state index contributed by atoms with van der Waals surface area (Å²) in [5.41, 5.74) is 5.89. The van der Waals surface area contributed by atoms with Gasteiger partial charge in [0.15, 0.2) is 5.78 Å². The predicted molar refractivity (Wildman–Crippen MR) is 86.5 cm³/mol. The summed E-state index contributed by atoms with van der Waals surface area (Å²) >= 11 is 0. The van der Waals surface area contributed by atoms with Crippen molar-refractivity contribution in [3.63, 3.8) is 0 Å². The highest BCUT2D eigenvalue weighted by Crippen LogP contribution is 2.41. The largest absolute Gasteiger partial charge is 0.312 e. The number of carbonyl (C=O) groups is 1. The molecule has 1 heterocycles. The number of fused-ring (bicyclic) bond motifs is 1. The number of hydrogen-bond donors (Lipinski definition) is 1. The molecular weight excluding hydrogens is 258 g/mol. The van der Waals surface area contributed by atoms with E-state index in [0.717, 1.165) is 43.5 Å². The molecule has 1 aliphatic heterocycles. The maximum absolute atomic E-state index is 13.0. The monoisotopic (exact) mass is 283 g/mol. The fourth-order valence-electron chi connectivity index (χ4n) is 3.89. The summed E-state index contributed by atoms with van der Waals surface area (Å²) in [4.78, 5) is 13.0. The number of benzene rings is 1. The van der Waals surface area contributed by atoms with Gasteiger partial charge >= 0.3 is 0 Å². The SMILES string of the molecule is CC1=C(C(=O)c2ccc3c(c2)CNCC3)C(C)(C)CCC1. The Morgan fingerprint density at radius 3 is 2.76 bits per heavy atom. The summed E-state index contributed by atoms with van der Waals surface area (Å²) in [5.74, 6) is 0.241. The first kappa shape index (κ1) is 14.5. The molecule has 0 spiro atoms. The summed E-state index contributed by atoms with van der Waals surface area (Å²) in [6, 6.07) is 6.28. The zero-order valence-electron chi connectivity index (χ0n) is 13.4. The predicted octanol–water partition coefficient (Wildman–Crippen LogP) is 4.04. The van der Waals surface area contributed by atoms with Crippen LogP contribution in [0.3, 0.4) is 0 Å². The molecule has 3 rings (SSSR count). The molecular formula is C19H25NO. The van der Waals surface area contributed by atoms with Crippen LogP contribution in [0.5, 0.6) is 0 Å². The first-order valence-corrected chi connectivity index (χ1v) is 8.06. The van der Waals surface area contributed by atoms with Gasteiger partial charge in [-0.1, -0.05) is 31.6 Å². The third-order valence-electron chi connectivity index (χ3n) is 5.04. The van der Waals surface area contributed by atoms with Crippen molar-refractivity contribution in [2.45, 2.75) is 53.0 Å². The molecule has 0 fully saturated rings. The summed E-state index contributed by atoms with van der Waals surface area (Å²) in [6.07, 6.45) is 4.44. The first-order valence-electron chi connectivity index (χ1n) is 8.06. The minimum absolute atomic E-state index is 0.00751. The maximum Gasteiger partial charge on any atom is 0.189 e. The molecule has 0 saturated carbocycles. The van der Waals surface area contributed by atoms with Gasteiger partial charge in [-0.25, -0.2) is 0 Å². The van der Waals surface area contributed by atoms with Crippen LogP contribution >= 0.6 is 0 Å². The van der Waals surface area contributed by atoms with Gasteiger partial charge in [-0.05, 0) is 61.8 Å². The number of hydrogen-bond acceptors (Lipinski definition) is 2. The molecule has 2 nitrogen and oxygen atoms in total. The number of nitrogens with one attached hydrogen (secondary N) is 1. The fourth-order valence-corrected chi connectivity index (χ4v) is 3.89. The average Bonchev–Trinajstić information content (AvgIpc) is 2.45. The lowest BCUT2D eigenvalue weighted by molar-refractivity contribution is 0.0997. The van der Waals surface area contributed by atoms with Crippen LogP contribution < -0.4 is 5.32 Å². The van der Waals surface area contributed by atoms with Gasteiger partial charge in [0.25, 0.3) is 0 Å². The lowest BCUT2D eigenvalue weighted by Gasteiger charge is -2.33. The molecule has 2 heteroatoms. The number of Topliss-reactive ketones (excluding diaryl/α,β-unsaturated/α-hetero) is 1. The minimum atomic E-state index is 0.00751. The van der Waals surface area contributed by atoms with Crippen molar-refractivity contribution in [2.24, 2.45) is 5.41 Å². The number of allylic oxidation sites excluding steroid dienone is 2. The third-order valence-corrected chi connectivity index (χ3v) is 5.04. The van der Waals surface area contributed by atoms with Crippen LogP contribution in [-0.2, 0) is 13.0 Å². The summed E-state index contributed by atoms with van der Waals surface area (Å²) < 4.78 is 0. The maximum atomic E-state index is 13.0. The topological polar surface area (TPSA) is 29.1 Å². The quantitative estimate of drug-likeness (QED) is 0.830. The molecule has 0 atom stereocenters. The van der Waals surface area contributed by atoms with Crippen LogP contribution in [-0.4, -0.2) is 12.3 Å². The van der Waals surface area contributed by atoms with Gasteiger partial charge in [0.05, 0.1) is 0 Å². The van der Waals surface area contributed by atoms with Crippen LogP contribution in [0.15, 0.2) is 29.3 Å². The van der Waals surface area contributed by atoms with Crippen molar-refractivity contribution >= 4 is 5.78 Å². The van der Waals surface area contributed by atoms with Gasteiger partial charge in [-0.3, -0.25) is 4.79 Å². The zero-order valence-corrected chi connectivity index (χ0v) is 13.4. The zero-order chi connectivity index (χ0) is 15.0. The van der Waals surface area contributed by atoms with E-state index in [4.69, 9.17) is 0 Å². The van der Waals surface area contributed by atoms with Crippen LogP contribution in [0.4, 0.5) is 0 Å². The molecule has 2 aliphatic rings. The number of rotatable bonds is 2. The number of carbonyl (C=O) groups excluding carboxylic acids is 1. The Bertz CT molecular complexity index is 610. The van der Waals surface area contributed by atoms with E-state index < -0.39 is 0 Å². The summed E-state index contributed by atoms with van der Waals surface area (Å²) in [7, 11) is 0. The molecule has 0 amide bonds. The Balaban J connectivity index is 1.98. The van der Waals surface area contributed by atoms with E-state index in [1.54, 1.807) is 0 Å². The van der Waals surface area contributed by atoms with E-state index in [1.807, 2.05) is 6.07 Å². The Hall–Kier alpha value is -1.41. The van der Waals surface area contributed by atoms with Gasteiger partial charge < -0.3 is 5.32 Å². The van der Waals surface area contributed by atoms with Crippen molar-refractivity contribution < 1.29 is 4.79 Å². The number of ketones is 1. The highest BCUT2D eigenvalue weighted by molar-refractivity contribution is 6.10.